The maximum Gasteiger partial charge on any atom is 0.416 e. The Morgan fingerprint density at radius 3 is 2.47 bits per heavy atom. The zero-order valence-corrected chi connectivity index (χ0v) is 9.33. The molecule has 0 heterocycles. The summed E-state index contributed by atoms with van der Waals surface area (Å²) in [6.07, 6.45) is -1.74. The minimum atomic E-state index is -4.60. The monoisotopic (exact) mass is 263 g/mol. The van der Waals surface area contributed by atoms with Crippen molar-refractivity contribution in [2.45, 2.75) is 6.18 Å². The lowest BCUT2D eigenvalue weighted by atomic mass is 10.1. The molecule has 1 aromatic rings. The molecule has 0 amide bonds. The Hall–Kier alpha value is -1.50. The number of nitro benzene ring substituents is 1. The summed E-state index contributed by atoms with van der Waals surface area (Å²) in [4.78, 5) is 9.65. The Morgan fingerprint density at radius 2 is 2.00 bits per heavy atom. The highest BCUT2D eigenvalue weighted by molar-refractivity contribution is 7.80. The van der Waals surface area contributed by atoms with Crippen LogP contribution in [0.25, 0.3) is 6.08 Å². The summed E-state index contributed by atoms with van der Waals surface area (Å²) < 4.78 is 37.4. The van der Waals surface area contributed by atoms with Crippen LogP contribution in [0.3, 0.4) is 0 Å². The summed E-state index contributed by atoms with van der Waals surface area (Å²) in [5, 5.41) is 10.5. The van der Waals surface area contributed by atoms with Crippen LogP contribution in [0, 0.1) is 10.1 Å². The molecular formula is C10H8F3NO2S. The maximum absolute atomic E-state index is 12.5. The Morgan fingerprint density at radius 1 is 1.35 bits per heavy atom. The van der Waals surface area contributed by atoms with Gasteiger partial charge in [-0.05, 0) is 11.6 Å². The largest absolute Gasteiger partial charge is 0.416 e. The number of benzene rings is 1. The first-order valence-electron chi connectivity index (χ1n) is 4.48. The lowest BCUT2D eigenvalue weighted by Crippen LogP contribution is -2.06. The Balaban J connectivity index is 3.29. The van der Waals surface area contributed by atoms with Gasteiger partial charge in [-0.1, -0.05) is 12.2 Å². The van der Waals surface area contributed by atoms with Crippen molar-refractivity contribution in [2.75, 3.05) is 5.75 Å². The van der Waals surface area contributed by atoms with Gasteiger partial charge in [0.25, 0.3) is 5.69 Å². The number of hydrogen-bond donors (Lipinski definition) is 1. The highest BCUT2D eigenvalue weighted by atomic mass is 32.1. The Kier molecular flexibility index (Phi) is 4.17. The molecule has 7 heteroatoms. The van der Waals surface area contributed by atoms with E-state index in [1.807, 2.05) is 0 Å². The van der Waals surface area contributed by atoms with E-state index in [2.05, 4.69) is 12.6 Å². The second-order valence-electron chi connectivity index (χ2n) is 3.15. The highest BCUT2D eigenvalue weighted by Gasteiger charge is 2.32. The highest BCUT2D eigenvalue weighted by Crippen LogP contribution is 2.32. The van der Waals surface area contributed by atoms with E-state index in [4.69, 9.17) is 0 Å². The molecule has 1 rings (SSSR count). The van der Waals surface area contributed by atoms with E-state index in [-0.39, 0.29) is 5.56 Å². The van der Waals surface area contributed by atoms with Crippen LogP contribution in [0.1, 0.15) is 11.1 Å². The predicted molar refractivity (Wildman–Crippen MR) is 61.0 cm³/mol. The number of hydrogen-bond acceptors (Lipinski definition) is 3. The number of thiol groups is 1. The van der Waals surface area contributed by atoms with E-state index >= 15 is 0 Å². The number of nitrogens with zero attached hydrogens (tertiary/aromatic N) is 1. The molecule has 0 aliphatic heterocycles. The molecule has 0 aliphatic rings. The van der Waals surface area contributed by atoms with Crippen molar-refractivity contribution in [3.05, 3.63) is 45.5 Å². The molecule has 0 aromatic heterocycles. The van der Waals surface area contributed by atoms with Crippen molar-refractivity contribution in [3.8, 4) is 0 Å². The molecule has 0 aliphatic carbocycles. The van der Waals surface area contributed by atoms with Crippen LogP contribution in [0.4, 0.5) is 18.9 Å². The third-order valence-corrected chi connectivity index (χ3v) is 2.10. The molecule has 0 fully saturated rings. The molecule has 0 atom stereocenters. The smallest absolute Gasteiger partial charge is 0.258 e. The molecule has 0 saturated heterocycles. The normalized spacial score (nSPS) is 12.0. The fraction of sp³-hybridized carbons (Fsp3) is 0.200. The number of rotatable bonds is 3. The van der Waals surface area contributed by atoms with E-state index in [0.29, 0.717) is 11.8 Å². The Bertz CT molecular complexity index is 457. The number of nitro groups is 1. The molecule has 0 unspecified atom stereocenters. The maximum atomic E-state index is 12.5. The zero-order chi connectivity index (χ0) is 13.1. The number of non-ortho nitro benzene ring substituents is 1. The topological polar surface area (TPSA) is 43.1 Å². The van der Waals surface area contributed by atoms with Crippen LogP contribution < -0.4 is 0 Å². The first-order valence-corrected chi connectivity index (χ1v) is 5.12. The fourth-order valence-corrected chi connectivity index (χ4v) is 1.29. The lowest BCUT2D eigenvalue weighted by Gasteiger charge is -2.07. The van der Waals surface area contributed by atoms with Crippen LogP contribution in [0.15, 0.2) is 24.3 Å². The van der Waals surface area contributed by atoms with Gasteiger partial charge in [0.05, 0.1) is 10.5 Å². The van der Waals surface area contributed by atoms with Gasteiger partial charge in [-0.25, -0.2) is 0 Å². The van der Waals surface area contributed by atoms with Gasteiger partial charge in [-0.3, -0.25) is 10.1 Å². The minimum absolute atomic E-state index is 0.126. The van der Waals surface area contributed by atoms with E-state index in [0.717, 1.165) is 12.1 Å². The summed E-state index contributed by atoms with van der Waals surface area (Å²) in [5.41, 5.74) is -1.50. The first-order chi connectivity index (χ1) is 7.84. The van der Waals surface area contributed by atoms with E-state index in [9.17, 15) is 23.3 Å². The second kappa shape index (κ2) is 5.22. The summed E-state index contributed by atoms with van der Waals surface area (Å²) in [5.74, 6) is 0.337. The first kappa shape index (κ1) is 13.6. The number of alkyl halides is 3. The SMILES string of the molecule is O=[N+]([O-])c1cc(C=CCS)cc(C(F)(F)F)c1. The van der Waals surface area contributed by atoms with Gasteiger partial charge in [0.1, 0.15) is 0 Å². The minimum Gasteiger partial charge on any atom is -0.258 e. The fourth-order valence-electron chi connectivity index (χ4n) is 1.19. The van der Waals surface area contributed by atoms with Crippen LogP contribution in [0.5, 0.6) is 0 Å². The van der Waals surface area contributed by atoms with Crippen molar-refractivity contribution in [2.24, 2.45) is 0 Å². The molecule has 0 spiro atoms. The van der Waals surface area contributed by atoms with Crippen LogP contribution in [-0.2, 0) is 6.18 Å². The van der Waals surface area contributed by atoms with Gasteiger partial charge >= 0.3 is 6.18 Å². The van der Waals surface area contributed by atoms with Crippen LogP contribution in [0.2, 0.25) is 0 Å². The average molecular weight is 263 g/mol. The Labute approximate surface area is 101 Å². The summed E-state index contributed by atoms with van der Waals surface area (Å²) in [6.45, 7) is 0. The number of halogens is 3. The van der Waals surface area contributed by atoms with Crippen molar-refractivity contribution in [1.82, 2.24) is 0 Å². The molecule has 1 aromatic carbocycles. The standard InChI is InChI=1S/C10H8F3NO2S/c11-10(12,13)8-4-7(2-1-3-17)5-9(6-8)14(15)16/h1-2,4-6,17H,3H2. The van der Waals surface area contributed by atoms with E-state index in [1.165, 1.54) is 12.2 Å². The van der Waals surface area contributed by atoms with Crippen LogP contribution in [-0.4, -0.2) is 10.7 Å². The van der Waals surface area contributed by atoms with Gasteiger partial charge in [0.15, 0.2) is 0 Å². The van der Waals surface area contributed by atoms with Crippen molar-refractivity contribution >= 4 is 24.4 Å². The zero-order valence-electron chi connectivity index (χ0n) is 8.44. The summed E-state index contributed by atoms with van der Waals surface area (Å²) in [6, 6.07) is 2.44. The third kappa shape index (κ3) is 3.77. The summed E-state index contributed by atoms with van der Waals surface area (Å²) in [7, 11) is 0. The van der Waals surface area contributed by atoms with Crippen LogP contribution >= 0.6 is 12.6 Å². The van der Waals surface area contributed by atoms with Gasteiger partial charge < -0.3 is 0 Å². The lowest BCUT2D eigenvalue weighted by molar-refractivity contribution is -0.385. The molecule has 0 saturated carbocycles. The quantitative estimate of drug-likeness (QED) is 0.514. The molecular weight excluding hydrogens is 255 g/mol. The van der Waals surface area contributed by atoms with Gasteiger partial charge in [-0.15, -0.1) is 0 Å². The van der Waals surface area contributed by atoms with E-state index < -0.39 is 22.4 Å². The third-order valence-electron chi connectivity index (χ3n) is 1.89. The van der Waals surface area contributed by atoms with Gasteiger partial charge in [0, 0.05) is 17.9 Å². The van der Waals surface area contributed by atoms with Gasteiger partial charge in [0.2, 0.25) is 0 Å². The average Bonchev–Trinajstić information content (AvgIpc) is 2.24. The molecule has 0 bridgehead atoms. The molecule has 92 valence electrons. The summed E-state index contributed by atoms with van der Waals surface area (Å²) >= 11 is 3.86. The van der Waals surface area contributed by atoms with Crippen molar-refractivity contribution in [3.63, 3.8) is 0 Å². The second-order valence-corrected chi connectivity index (χ2v) is 3.52. The molecule has 3 nitrogen and oxygen atoms in total. The molecule has 0 radical (unpaired) electrons. The van der Waals surface area contributed by atoms with Gasteiger partial charge in [-0.2, -0.15) is 25.8 Å². The molecule has 17 heavy (non-hydrogen) atoms. The molecule has 0 N–H and O–H groups in total. The predicted octanol–water partition coefficient (Wildman–Crippen LogP) is 3.56. The van der Waals surface area contributed by atoms with Crippen molar-refractivity contribution in [1.29, 1.82) is 0 Å². The van der Waals surface area contributed by atoms with Crippen molar-refractivity contribution < 1.29 is 18.1 Å². The van der Waals surface area contributed by atoms with E-state index in [1.54, 1.807) is 0 Å².